The number of hydrogen-bond donors (Lipinski definition) is 2. The molecule has 1 heterocycles. The van der Waals surface area contributed by atoms with Crippen molar-refractivity contribution in [1.82, 2.24) is 10.2 Å². The molecule has 2 amide bonds. The maximum atomic E-state index is 13.0. The molecule has 0 radical (unpaired) electrons. The highest BCUT2D eigenvalue weighted by atomic mass is 32.1. The fourth-order valence-electron chi connectivity index (χ4n) is 3.37. The zero-order valence-electron chi connectivity index (χ0n) is 17.5. The van der Waals surface area contributed by atoms with Crippen LogP contribution >= 0.6 is 12.2 Å². The average molecular weight is 440 g/mol. The van der Waals surface area contributed by atoms with Crippen molar-refractivity contribution in [2.24, 2.45) is 5.92 Å². The van der Waals surface area contributed by atoms with Gasteiger partial charge in [0.05, 0.1) is 23.9 Å². The van der Waals surface area contributed by atoms with Gasteiger partial charge >= 0.3 is 5.97 Å². The van der Waals surface area contributed by atoms with Crippen LogP contribution in [-0.4, -0.2) is 48.0 Å². The van der Waals surface area contributed by atoms with E-state index in [0.29, 0.717) is 28.3 Å². The number of benzene rings is 2. The van der Waals surface area contributed by atoms with Crippen LogP contribution < -0.4 is 10.6 Å². The van der Waals surface area contributed by atoms with E-state index in [1.165, 1.54) is 31.4 Å². The average Bonchev–Trinajstić information content (AvgIpc) is 2.79. The van der Waals surface area contributed by atoms with Crippen molar-refractivity contribution >= 4 is 40.8 Å². The van der Waals surface area contributed by atoms with E-state index in [1.54, 1.807) is 24.3 Å². The van der Waals surface area contributed by atoms with Gasteiger partial charge in [-0.15, -0.1) is 0 Å². The first kappa shape index (κ1) is 22.4. The lowest BCUT2D eigenvalue weighted by Crippen LogP contribution is -2.39. The largest absolute Gasteiger partial charge is 0.465 e. The molecule has 7 nitrogen and oxygen atoms in total. The van der Waals surface area contributed by atoms with Crippen molar-refractivity contribution in [1.29, 1.82) is 0 Å². The summed E-state index contributed by atoms with van der Waals surface area (Å²) >= 11 is 5.27. The fraction of sp³-hybridized carbons (Fsp3) is 0.304. The van der Waals surface area contributed by atoms with Gasteiger partial charge in [0.25, 0.3) is 11.8 Å². The molecule has 0 unspecified atom stereocenters. The van der Waals surface area contributed by atoms with Gasteiger partial charge in [0.15, 0.2) is 5.11 Å². The Kier molecular flexibility index (Phi) is 7.36. The highest BCUT2D eigenvalue weighted by Gasteiger charge is 2.23. The van der Waals surface area contributed by atoms with Crippen molar-refractivity contribution in [3.05, 3.63) is 65.2 Å². The number of likely N-dealkylation sites (tertiary alicyclic amines) is 1. The highest BCUT2D eigenvalue weighted by molar-refractivity contribution is 7.80. The van der Waals surface area contributed by atoms with Crippen LogP contribution in [-0.2, 0) is 4.74 Å². The number of nitrogens with one attached hydrogen (secondary N) is 2. The normalized spacial score (nSPS) is 13.9. The number of thiocarbonyl (C=S) groups is 1. The number of methoxy groups -OCH3 is 1. The van der Waals surface area contributed by atoms with Crippen molar-refractivity contribution in [2.75, 3.05) is 25.5 Å². The third-order valence-corrected chi connectivity index (χ3v) is 5.48. The van der Waals surface area contributed by atoms with Crippen molar-refractivity contribution < 1.29 is 19.1 Å². The van der Waals surface area contributed by atoms with Crippen LogP contribution in [0.5, 0.6) is 0 Å². The van der Waals surface area contributed by atoms with Crippen molar-refractivity contribution in [3.63, 3.8) is 0 Å². The SMILES string of the molecule is COC(=O)c1ccc(C(=O)NC(=S)Nc2ccccc2C(=O)N2CCC(C)CC2)cc1. The number of amides is 2. The second-order valence-corrected chi connectivity index (χ2v) is 7.91. The summed E-state index contributed by atoms with van der Waals surface area (Å²) in [6, 6.07) is 13.1. The van der Waals surface area contributed by atoms with Crippen LogP contribution in [0.4, 0.5) is 5.69 Å². The second kappa shape index (κ2) is 10.2. The number of para-hydroxylation sites is 1. The zero-order valence-corrected chi connectivity index (χ0v) is 18.3. The first-order valence-corrected chi connectivity index (χ1v) is 10.5. The molecule has 0 spiro atoms. The Labute approximate surface area is 186 Å². The molecule has 0 atom stereocenters. The molecule has 0 saturated carbocycles. The van der Waals surface area contributed by atoms with Crippen molar-refractivity contribution in [2.45, 2.75) is 19.8 Å². The zero-order chi connectivity index (χ0) is 22.4. The van der Waals surface area contributed by atoms with E-state index in [4.69, 9.17) is 12.2 Å². The van der Waals surface area contributed by atoms with Crippen LogP contribution in [0.1, 0.15) is 50.8 Å². The van der Waals surface area contributed by atoms with E-state index in [1.807, 2.05) is 4.90 Å². The van der Waals surface area contributed by atoms with Crippen LogP contribution in [0, 0.1) is 5.92 Å². The quantitative estimate of drug-likeness (QED) is 0.560. The Morgan fingerprint density at radius 1 is 1.00 bits per heavy atom. The molecule has 1 aliphatic rings. The molecule has 0 aromatic heterocycles. The van der Waals surface area contributed by atoms with E-state index in [0.717, 1.165) is 25.9 Å². The molecule has 1 saturated heterocycles. The fourth-order valence-corrected chi connectivity index (χ4v) is 3.57. The van der Waals surface area contributed by atoms with Crippen LogP contribution in [0.15, 0.2) is 48.5 Å². The van der Waals surface area contributed by atoms with Gasteiger partial charge in [-0.25, -0.2) is 4.79 Å². The van der Waals surface area contributed by atoms with Crippen LogP contribution in [0.25, 0.3) is 0 Å². The molecule has 1 aliphatic heterocycles. The number of ether oxygens (including phenoxy) is 1. The highest BCUT2D eigenvalue weighted by Crippen LogP contribution is 2.22. The lowest BCUT2D eigenvalue weighted by molar-refractivity contribution is 0.0599. The summed E-state index contributed by atoms with van der Waals surface area (Å²) in [5.41, 5.74) is 1.73. The molecule has 3 rings (SSSR count). The molecule has 31 heavy (non-hydrogen) atoms. The molecule has 2 aromatic carbocycles. The summed E-state index contributed by atoms with van der Waals surface area (Å²) in [5, 5.41) is 5.63. The molecular formula is C23H25N3O4S. The number of nitrogens with zero attached hydrogens (tertiary/aromatic N) is 1. The number of piperidine rings is 1. The lowest BCUT2D eigenvalue weighted by Gasteiger charge is -2.30. The van der Waals surface area contributed by atoms with Crippen LogP contribution in [0.2, 0.25) is 0 Å². The van der Waals surface area contributed by atoms with Gasteiger partial charge in [-0.1, -0.05) is 19.1 Å². The number of carbonyl (C=O) groups is 3. The summed E-state index contributed by atoms with van der Waals surface area (Å²) in [5.74, 6) is -0.333. The predicted molar refractivity (Wildman–Crippen MR) is 122 cm³/mol. The minimum absolute atomic E-state index is 0.0532. The number of carbonyl (C=O) groups excluding carboxylic acids is 3. The Balaban J connectivity index is 1.65. The Bertz CT molecular complexity index is 983. The van der Waals surface area contributed by atoms with Gasteiger partial charge in [0.1, 0.15) is 0 Å². The van der Waals surface area contributed by atoms with Crippen molar-refractivity contribution in [3.8, 4) is 0 Å². The summed E-state index contributed by atoms with van der Waals surface area (Å²) in [4.78, 5) is 38.8. The molecule has 2 aromatic rings. The predicted octanol–water partition coefficient (Wildman–Crippen LogP) is 3.47. The summed E-state index contributed by atoms with van der Waals surface area (Å²) in [7, 11) is 1.29. The lowest BCUT2D eigenvalue weighted by atomic mass is 9.98. The monoisotopic (exact) mass is 439 g/mol. The maximum absolute atomic E-state index is 13.0. The minimum Gasteiger partial charge on any atom is -0.465 e. The van der Waals surface area contributed by atoms with Crippen LogP contribution in [0.3, 0.4) is 0 Å². The number of hydrogen-bond acceptors (Lipinski definition) is 5. The van der Waals surface area contributed by atoms with Gasteiger partial charge in [-0.3, -0.25) is 14.9 Å². The first-order chi connectivity index (χ1) is 14.9. The van der Waals surface area contributed by atoms with Gasteiger partial charge < -0.3 is 15.0 Å². The number of rotatable bonds is 4. The summed E-state index contributed by atoms with van der Waals surface area (Å²) < 4.78 is 4.65. The maximum Gasteiger partial charge on any atom is 0.337 e. The number of anilines is 1. The Hall–Kier alpha value is -3.26. The van der Waals surface area contributed by atoms with E-state index >= 15 is 0 Å². The van der Waals surface area contributed by atoms with Gasteiger partial charge in [-0.05, 0) is 67.4 Å². The standard InChI is InChI=1S/C23H25N3O4S/c1-15-11-13-26(14-12-15)21(28)18-5-3-4-6-19(18)24-23(31)25-20(27)16-7-9-17(10-8-16)22(29)30-2/h3-10,15H,11-14H2,1-2H3,(H2,24,25,27,31). The van der Waals surface area contributed by atoms with E-state index in [-0.39, 0.29) is 11.0 Å². The van der Waals surface area contributed by atoms with E-state index in [2.05, 4.69) is 22.3 Å². The van der Waals surface area contributed by atoms with Gasteiger partial charge in [-0.2, -0.15) is 0 Å². The third kappa shape index (κ3) is 5.67. The molecular weight excluding hydrogens is 414 g/mol. The molecule has 162 valence electrons. The molecule has 8 heteroatoms. The van der Waals surface area contributed by atoms with Gasteiger partial charge in [0, 0.05) is 18.7 Å². The second-order valence-electron chi connectivity index (χ2n) is 7.50. The smallest absolute Gasteiger partial charge is 0.337 e. The van der Waals surface area contributed by atoms with Gasteiger partial charge in [0.2, 0.25) is 0 Å². The molecule has 0 bridgehead atoms. The minimum atomic E-state index is -0.478. The molecule has 0 aliphatic carbocycles. The van der Waals surface area contributed by atoms with E-state index < -0.39 is 11.9 Å². The topological polar surface area (TPSA) is 87.7 Å². The first-order valence-electron chi connectivity index (χ1n) is 10.1. The Morgan fingerprint density at radius 2 is 1.61 bits per heavy atom. The summed E-state index contributed by atoms with van der Waals surface area (Å²) in [6.07, 6.45) is 1.98. The summed E-state index contributed by atoms with van der Waals surface area (Å²) in [6.45, 7) is 3.66. The third-order valence-electron chi connectivity index (χ3n) is 5.27. The number of esters is 1. The molecule has 2 N–H and O–H groups in total. The van der Waals surface area contributed by atoms with E-state index in [9.17, 15) is 14.4 Å². The molecule has 1 fully saturated rings. The Morgan fingerprint density at radius 3 is 2.26 bits per heavy atom.